The van der Waals surface area contributed by atoms with Gasteiger partial charge in [-0.05, 0) is 56.7 Å². The van der Waals surface area contributed by atoms with Gasteiger partial charge in [0.15, 0.2) is 0 Å². The number of hydrogen-bond donors (Lipinski definition) is 0. The van der Waals surface area contributed by atoms with Gasteiger partial charge in [-0.3, -0.25) is 9.10 Å². The third-order valence-corrected chi connectivity index (χ3v) is 7.17. The summed E-state index contributed by atoms with van der Waals surface area (Å²) in [5, 5.41) is 0. The summed E-state index contributed by atoms with van der Waals surface area (Å²) < 4.78 is 71.1. The van der Waals surface area contributed by atoms with E-state index in [1.807, 2.05) is 6.92 Å². The average Bonchev–Trinajstić information content (AvgIpc) is 2.73. The molecule has 0 spiro atoms. The van der Waals surface area contributed by atoms with E-state index < -0.39 is 35.1 Å². The average molecular weight is 487 g/mol. The van der Waals surface area contributed by atoms with Crippen LogP contribution in [0.3, 0.4) is 0 Å². The van der Waals surface area contributed by atoms with Crippen LogP contribution in [-0.4, -0.2) is 52.1 Å². The van der Waals surface area contributed by atoms with Crippen LogP contribution in [0.4, 0.5) is 18.9 Å². The van der Waals surface area contributed by atoms with E-state index >= 15 is 0 Å². The van der Waals surface area contributed by atoms with Gasteiger partial charge in [0.25, 0.3) is 10.0 Å². The predicted octanol–water partition coefficient (Wildman–Crippen LogP) is 4.70. The third-order valence-electron chi connectivity index (χ3n) is 5.19. The Bertz CT molecular complexity index is 1050. The highest BCUT2D eigenvalue weighted by molar-refractivity contribution is 7.92. The molecule has 33 heavy (non-hydrogen) atoms. The molecule has 1 amide bonds. The fourth-order valence-electron chi connectivity index (χ4n) is 3.42. The number of carbonyl (C=O) groups excluding carboxylic acids is 1. The zero-order valence-corrected chi connectivity index (χ0v) is 20.0. The molecule has 0 radical (unpaired) electrons. The van der Waals surface area contributed by atoms with E-state index in [0.717, 1.165) is 14.8 Å². The number of benzene rings is 2. The minimum Gasteiger partial charge on any atom is -0.497 e. The molecule has 0 atom stereocenters. The molecule has 10 heteroatoms. The fourth-order valence-corrected chi connectivity index (χ4v) is 5.09. The van der Waals surface area contributed by atoms with Crippen LogP contribution >= 0.6 is 0 Å². The van der Waals surface area contributed by atoms with Crippen LogP contribution < -0.4 is 9.04 Å². The zero-order valence-electron chi connectivity index (χ0n) is 19.1. The number of amides is 1. The summed E-state index contributed by atoms with van der Waals surface area (Å²) in [7, 11) is -2.56. The van der Waals surface area contributed by atoms with Crippen LogP contribution in [-0.2, 0) is 14.8 Å². The molecule has 0 fully saturated rings. The van der Waals surface area contributed by atoms with Gasteiger partial charge in [0.05, 0.1) is 24.1 Å². The number of ether oxygens (including phenoxy) is 1. The SMILES string of the molecule is CCN(CCC(F)(F)F)C(=O)CCN(c1ccc(OC)cc1)S(=O)(=O)c1ccc(C)cc1C. The molecular weight excluding hydrogens is 457 g/mol. The normalized spacial score (nSPS) is 11.8. The van der Waals surface area contributed by atoms with E-state index in [0.29, 0.717) is 17.0 Å². The van der Waals surface area contributed by atoms with Crippen molar-refractivity contribution in [3.63, 3.8) is 0 Å². The molecular formula is C23H29F3N2O4S. The minimum absolute atomic E-state index is 0.0980. The third kappa shape index (κ3) is 7.12. The van der Waals surface area contributed by atoms with Gasteiger partial charge in [-0.25, -0.2) is 8.42 Å². The smallest absolute Gasteiger partial charge is 0.390 e. The van der Waals surface area contributed by atoms with Gasteiger partial charge in [0.2, 0.25) is 5.91 Å². The molecule has 0 aliphatic carbocycles. The van der Waals surface area contributed by atoms with Crippen molar-refractivity contribution in [1.82, 2.24) is 4.90 Å². The molecule has 2 aromatic carbocycles. The molecule has 6 nitrogen and oxygen atoms in total. The highest BCUT2D eigenvalue weighted by Crippen LogP contribution is 2.28. The number of sulfonamides is 1. The summed E-state index contributed by atoms with van der Waals surface area (Å²) in [6.45, 7) is 4.54. The van der Waals surface area contributed by atoms with Crippen LogP contribution in [0.2, 0.25) is 0 Å². The molecule has 182 valence electrons. The molecule has 0 unspecified atom stereocenters. The maximum Gasteiger partial charge on any atom is 0.390 e. The van der Waals surface area contributed by atoms with Crippen molar-refractivity contribution in [3.05, 3.63) is 53.6 Å². The van der Waals surface area contributed by atoms with Gasteiger partial charge in [-0.2, -0.15) is 13.2 Å². The summed E-state index contributed by atoms with van der Waals surface area (Å²) in [6.07, 6.45) is -5.76. The highest BCUT2D eigenvalue weighted by Gasteiger charge is 2.30. The largest absolute Gasteiger partial charge is 0.497 e. The lowest BCUT2D eigenvalue weighted by Gasteiger charge is -2.27. The van der Waals surface area contributed by atoms with Crippen LogP contribution in [0, 0.1) is 13.8 Å². The molecule has 0 bridgehead atoms. The zero-order chi connectivity index (χ0) is 24.8. The van der Waals surface area contributed by atoms with Gasteiger partial charge in [-0.15, -0.1) is 0 Å². The second-order valence-corrected chi connectivity index (χ2v) is 9.46. The van der Waals surface area contributed by atoms with Gasteiger partial charge in [0.1, 0.15) is 5.75 Å². The number of nitrogens with zero attached hydrogens (tertiary/aromatic N) is 2. The number of halogens is 3. The number of rotatable bonds is 10. The first-order valence-electron chi connectivity index (χ1n) is 10.5. The Balaban J connectivity index is 2.34. The molecule has 0 aliphatic rings. The van der Waals surface area contributed by atoms with Crippen molar-refractivity contribution in [2.45, 2.75) is 44.7 Å². The second kappa shape index (κ2) is 10.9. The summed E-state index contributed by atoms with van der Waals surface area (Å²) in [5.74, 6) is -0.0147. The summed E-state index contributed by atoms with van der Waals surface area (Å²) in [6, 6.07) is 11.3. The van der Waals surface area contributed by atoms with Crippen molar-refractivity contribution in [1.29, 1.82) is 0 Å². The van der Waals surface area contributed by atoms with Crippen molar-refractivity contribution in [3.8, 4) is 5.75 Å². The Morgan fingerprint density at radius 2 is 1.67 bits per heavy atom. The number of alkyl halides is 3. The monoisotopic (exact) mass is 486 g/mol. The number of carbonyl (C=O) groups is 1. The van der Waals surface area contributed by atoms with E-state index in [4.69, 9.17) is 4.74 Å². The first-order valence-corrected chi connectivity index (χ1v) is 11.9. The lowest BCUT2D eigenvalue weighted by Crippen LogP contribution is -2.38. The van der Waals surface area contributed by atoms with Crippen molar-refractivity contribution < 1.29 is 31.1 Å². The van der Waals surface area contributed by atoms with Crippen molar-refractivity contribution in [2.75, 3.05) is 31.0 Å². The van der Waals surface area contributed by atoms with Crippen molar-refractivity contribution >= 4 is 21.6 Å². The Labute approximate surface area is 193 Å². The number of hydrogen-bond acceptors (Lipinski definition) is 4. The summed E-state index contributed by atoms with van der Waals surface area (Å²) in [5.41, 5.74) is 1.78. The second-order valence-electron chi connectivity index (χ2n) is 7.63. The fraction of sp³-hybridized carbons (Fsp3) is 0.435. The Hall–Kier alpha value is -2.75. The standard InChI is InChI=1S/C23H29F3N2O4S/c1-5-27(15-13-23(24,25)26)22(29)12-14-28(19-7-9-20(32-4)10-8-19)33(30,31)21-11-6-17(2)16-18(21)3/h6-11,16H,5,12-15H2,1-4H3. The predicted molar refractivity (Wildman–Crippen MR) is 121 cm³/mol. The van der Waals surface area contributed by atoms with Gasteiger partial charge >= 0.3 is 6.18 Å². The molecule has 2 rings (SSSR count). The number of aryl methyl sites for hydroxylation is 2. The summed E-state index contributed by atoms with van der Waals surface area (Å²) in [4.78, 5) is 13.8. The van der Waals surface area contributed by atoms with E-state index in [1.54, 1.807) is 50.2 Å². The molecule has 2 aromatic rings. The molecule has 0 aliphatic heterocycles. The van der Waals surface area contributed by atoms with Crippen LogP contribution in [0.15, 0.2) is 47.4 Å². The Kier molecular flexibility index (Phi) is 8.76. The Morgan fingerprint density at radius 1 is 1.03 bits per heavy atom. The van der Waals surface area contributed by atoms with E-state index in [9.17, 15) is 26.4 Å². The lowest BCUT2D eigenvalue weighted by molar-refractivity contribution is -0.145. The molecule has 0 saturated heterocycles. The van der Waals surface area contributed by atoms with Gasteiger partial charge < -0.3 is 9.64 Å². The van der Waals surface area contributed by atoms with E-state index in [1.165, 1.54) is 13.2 Å². The van der Waals surface area contributed by atoms with Crippen LogP contribution in [0.5, 0.6) is 5.75 Å². The molecule has 0 heterocycles. The van der Waals surface area contributed by atoms with Crippen LogP contribution in [0.1, 0.15) is 30.9 Å². The van der Waals surface area contributed by atoms with E-state index in [-0.39, 0.29) is 24.4 Å². The van der Waals surface area contributed by atoms with Crippen LogP contribution in [0.25, 0.3) is 0 Å². The maximum atomic E-state index is 13.5. The molecule has 0 N–H and O–H groups in total. The van der Waals surface area contributed by atoms with Gasteiger partial charge in [0, 0.05) is 26.1 Å². The van der Waals surface area contributed by atoms with E-state index in [2.05, 4.69) is 0 Å². The maximum absolute atomic E-state index is 13.5. The first-order chi connectivity index (χ1) is 15.4. The Morgan fingerprint density at radius 3 is 2.18 bits per heavy atom. The minimum atomic E-state index is -4.38. The topological polar surface area (TPSA) is 66.9 Å². The lowest BCUT2D eigenvalue weighted by atomic mass is 10.2. The number of methoxy groups -OCH3 is 1. The molecule has 0 aromatic heterocycles. The highest BCUT2D eigenvalue weighted by atomic mass is 32.2. The quantitative estimate of drug-likeness (QED) is 0.488. The molecule has 0 saturated carbocycles. The van der Waals surface area contributed by atoms with Gasteiger partial charge in [-0.1, -0.05) is 17.7 Å². The summed E-state index contributed by atoms with van der Waals surface area (Å²) >= 11 is 0. The number of anilines is 1. The van der Waals surface area contributed by atoms with Crippen molar-refractivity contribution in [2.24, 2.45) is 0 Å². The first kappa shape index (κ1) is 26.5.